The molecule has 0 unspecified atom stereocenters. The quantitative estimate of drug-likeness (QED) is 0.769. The van der Waals surface area contributed by atoms with Crippen molar-refractivity contribution in [2.75, 3.05) is 0 Å². The van der Waals surface area contributed by atoms with Crippen molar-refractivity contribution in [3.63, 3.8) is 0 Å². The fourth-order valence-corrected chi connectivity index (χ4v) is 2.12. The van der Waals surface area contributed by atoms with Gasteiger partial charge >= 0.3 is 12.1 Å². The Morgan fingerprint density at radius 3 is 2.12 bits per heavy atom. The van der Waals surface area contributed by atoms with E-state index < -0.39 is 29.7 Å². The van der Waals surface area contributed by atoms with Crippen molar-refractivity contribution in [2.24, 2.45) is 5.92 Å². The number of carbonyl (C=O) groups is 2. The second-order valence-corrected chi connectivity index (χ2v) is 5.83. The fourth-order valence-electron chi connectivity index (χ4n) is 2.12. The molecule has 0 aliphatic rings. The number of nitrogens with one attached hydrogen (secondary N) is 1. The van der Waals surface area contributed by atoms with Gasteiger partial charge in [0.15, 0.2) is 0 Å². The van der Waals surface area contributed by atoms with Crippen LogP contribution in [0.25, 0.3) is 0 Å². The third-order valence-corrected chi connectivity index (χ3v) is 3.28. The van der Waals surface area contributed by atoms with E-state index in [0.717, 1.165) is 12.1 Å². The SMILES string of the molecule is CC(C)/C=C(\CC(=O)N[C@@H](C)c1ccc(C(F)(F)F)cc1)C(=O)O. The maximum absolute atomic E-state index is 12.5. The lowest BCUT2D eigenvalue weighted by Gasteiger charge is -2.16. The molecule has 1 aromatic carbocycles. The Hall–Kier alpha value is -2.31. The summed E-state index contributed by atoms with van der Waals surface area (Å²) < 4.78 is 37.6. The van der Waals surface area contributed by atoms with Gasteiger partial charge < -0.3 is 10.4 Å². The standard InChI is InChI=1S/C17H20F3NO3/c1-10(2)8-13(16(23)24)9-15(22)21-11(3)12-4-6-14(7-5-12)17(18,19)20/h4-8,10-11H,9H2,1-3H3,(H,21,22)(H,23,24)/b13-8+/t11-/m0/s1. The Balaban J connectivity index is 2.75. The highest BCUT2D eigenvalue weighted by molar-refractivity contribution is 5.94. The topological polar surface area (TPSA) is 66.4 Å². The van der Waals surface area contributed by atoms with Crippen LogP contribution in [-0.4, -0.2) is 17.0 Å². The first kappa shape index (κ1) is 19.7. The Kier molecular flexibility index (Phi) is 6.57. The zero-order valence-electron chi connectivity index (χ0n) is 13.6. The number of allylic oxidation sites excluding steroid dienone is 1. The van der Waals surface area contributed by atoms with E-state index in [9.17, 15) is 22.8 Å². The summed E-state index contributed by atoms with van der Waals surface area (Å²) in [5.74, 6) is -1.69. The van der Waals surface area contributed by atoms with Crippen molar-refractivity contribution >= 4 is 11.9 Å². The van der Waals surface area contributed by atoms with Crippen LogP contribution in [0, 0.1) is 5.92 Å². The predicted octanol–water partition coefficient (Wildman–Crippen LogP) is 3.94. The summed E-state index contributed by atoms with van der Waals surface area (Å²) >= 11 is 0. The number of hydrogen-bond donors (Lipinski definition) is 2. The number of halogens is 3. The molecular weight excluding hydrogens is 323 g/mol. The van der Waals surface area contributed by atoms with Gasteiger partial charge in [-0.05, 0) is 30.5 Å². The molecule has 1 aromatic rings. The molecule has 0 bridgehead atoms. The van der Waals surface area contributed by atoms with Gasteiger partial charge in [0.1, 0.15) is 0 Å². The molecule has 0 aliphatic carbocycles. The van der Waals surface area contributed by atoms with Crippen molar-refractivity contribution in [2.45, 2.75) is 39.4 Å². The van der Waals surface area contributed by atoms with Gasteiger partial charge in [0.2, 0.25) is 5.91 Å². The third-order valence-electron chi connectivity index (χ3n) is 3.28. The molecule has 24 heavy (non-hydrogen) atoms. The molecule has 1 atom stereocenters. The van der Waals surface area contributed by atoms with Crippen molar-refractivity contribution in [1.82, 2.24) is 5.32 Å². The summed E-state index contributed by atoms with van der Waals surface area (Å²) in [6.07, 6.45) is -3.22. The van der Waals surface area contributed by atoms with Crippen LogP contribution in [0.1, 0.15) is 44.4 Å². The summed E-state index contributed by atoms with van der Waals surface area (Å²) in [5, 5.41) is 11.7. The van der Waals surface area contributed by atoms with E-state index in [4.69, 9.17) is 5.11 Å². The molecule has 0 fully saturated rings. The molecule has 2 N–H and O–H groups in total. The van der Waals surface area contributed by atoms with Gasteiger partial charge in [0.25, 0.3) is 0 Å². The van der Waals surface area contributed by atoms with Crippen LogP contribution in [-0.2, 0) is 15.8 Å². The van der Waals surface area contributed by atoms with Gasteiger partial charge in [-0.3, -0.25) is 4.79 Å². The minimum absolute atomic E-state index is 0.0119. The van der Waals surface area contributed by atoms with E-state index in [1.165, 1.54) is 18.2 Å². The number of carboxylic acid groups (broad SMARTS) is 1. The van der Waals surface area contributed by atoms with Crippen molar-refractivity contribution in [1.29, 1.82) is 0 Å². The van der Waals surface area contributed by atoms with Gasteiger partial charge in [-0.15, -0.1) is 0 Å². The Labute approximate surface area is 138 Å². The van der Waals surface area contributed by atoms with Crippen LogP contribution in [0.2, 0.25) is 0 Å². The molecule has 7 heteroatoms. The van der Waals surface area contributed by atoms with E-state index in [1.54, 1.807) is 20.8 Å². The lowest BCUT2D eigenvalue weighted by molar-refractivity contribution is -0.137. The average Bonchev–Trinajstić information content (AvgIpc) is 2.45. The van der Waals surface area contributed by atoms with Crippen molar-refractivity contribution in [3.05, 3.63) is 47.0 Å². The zero-order chi connectivity index (χ0) is 18.5. The van der Waals surface area contributed by atoms with Gasteiger partial charge in [-0.25, -0.2) is 4.79 Å². The highest BCUT2D eigenvalue weighted by atomic mass is 19.4. The number of carboxylic acids is 1. The molecule has 0 saturated heterocycles. The number of aliphatic carboxylic acids is 1. The lowest BCUT2D eigenvalue weighted by atomic mass is 10.0. The smallest absolute Gasteiger partial charge is 0.416 e. The zero-order valence-corrected chi connectivity index (χ0v) is 13.6. The normalized spacial score (nSPS) is 13.7. The first-order chi connectivity index (χ1) is 11.0. The number of benzene rings is 1. The molecule has 1 rings (SSSR count). The second kappa shape index (κ2) is 7.99. The van der Waals surface area contributed by atoms with Gasteiger partial charge in [-0.2, -0.15) is 13.2 Å². The molecular formula is C17H20F3NO3. The Morgan fingerprint density at radius 2 is 1.71 bits per heavy atom. The molecule has 0 aromatic heterocycles. The van der Waals surface area contributed by atoms with Crippen LogP contribution in [0.5, 0.6) is 0 Å². The summed E-state index contributed by atoms with van der Waals surface area (Å²) in [7, 11) is 0. The summed E-state index contributed by atoms with van der Waals surface area (Å²) in [4.78, 5) is 23.1. The van der Waals surface area contributed by atoms with E-state index in [2.05, 4.69) is 5.32 Å². The highest BCUT2D eigenvalue weighted by Crippen LogP contribution is 2.29. The van der Waals surface area contributed by atoms with E-state index in [0.29, 0.717) is 5.56 Å². The molecule has 0 spiro atoms. The molecule has 0 aliphatic heterocycles. The van der Waals surface area contributed by atoms with Crippen LogP contribution < -0.4 is 5.32 Å². The third kappa shape index (κ3) is 6.06. The van der Waals surface area contributed by atoms with Crippen LogP contribution in [0.3, 0.4) is 0 Å². The number of hydrogen-bond acceptors (Lipinski definition) is 2. The van der Waals surface area contributed by atoms with E-state index >= 15 is 0 Å². The van der Waals surface area contributed by atoms with Gasteiger partial charge in [0, 0.05) is 5.57 Å². The number of rotatable bonds is 6. The minimum atomic E-state index is -4.41. The first-order valence-corrected chi connectivity index (χ1v) is 7.41. The summed E-state index contributed by atoms with van der Waals surface area (Å²) in [5.41, 5.74) is -0.277. The summed E-state index contributed by atoms with van der Waals surface area (Å²) in [6, 6.07) is 3.93. The molecule has 0 radical (unpaired) electrons. The second-order valence-electron chi connectivity index (χ2n) is 5.83. The van der Waals surface area contributed by atoms with Gasteiger partial charge in [-0.1, -0.05) is 32.1 Å². The van der Waals surface area contributed by atoms with E-state index in [1.807, 2.05) is 0 Å². The lowest BCUT2D eigenvalue weighted by Crippen LogP contribution is -2.27. The highest BCUT2D eigenvalue weighted by Gasteiger charge is 2.30. The Morgan fingerprint density at radius 1 is 1.17 bits per heavy atom. The van der Waals surface area contributed by atoms with Gasteiger partial charge in [0.05, 0.1) is 18.0 Å². The van der Waals surface area contributed by atoms with Crippen molar-refractivity contribution < 1.29 is 27.9 Å². The number of carbonyl (C=O) groups excluding carboxylic acids is 1. The first-order valence-electron chi connectivity index (χ1n) is 7.41. The van der Waals surface area contributed by atoms with Crippen molar-refractivity contribution in [3.8, 4) is 0 Å². The van der Waals surface area contributed by atoms with Crippen LogP contribution in [0.15, 0.2) is 35.9 Å². The molecule has 132 valence electrons. The average molecular weight is 343 g/mol. The van der Waals surface area contributed by atoms with Crippen LogP contribution >= 0.6 is 0 Å². The number of alkyl halides is 3. The maximum Gasteiger partial charge on any atom is 0.416 e. The minimum Gasteiger partial charge on any atom is -0.478 e. The molecule has 0 saturated carbocycles. The molecule has 4 nitrogen and oxygen atoms in total. The Bertz CT molecular complexity index is 619. The fraction of sp³-hybridized carbons (Fsp3) is 0.412. The monoisotopic (exact) mass is 343 g/mol. The van der Waals surface area contributed by atoms with Crippen LogP contribution in [0.4, 0.5) is 13.2 Å². The molecule has 1 amide bonds. The number of amides is 1. The molecule has 0 heterocycles. The maximum atomic E-state index is 12.5. The summed E-state index contributed by atoms with van der Waals surface area (Å²) in [6.45, 7) is 5.21. The largest absolute Gasteiger partial charge is 0.478 e. The van der Waals surface area contributed by atoms with E-state index in [-0.39, 0.29) is 17.9 Å². The predicted molar refractivity (Wildman–Crippen MR) is 83.2 cm³/mol.